The molecule has 2 aliphatic rings. The topological polar surface area (TPSA) is 52.6 Å². The van der Waals surface area contributed by atoms with Gasteiger partial charge in [-0.25, -0.2) is 4.98 Å². The van der Waals surface area contributed by atoms with Gasteiger partial charge < -0.3 is 15.5 Å². The van der Waals surface area contributed by atoms with Gasteiger partial charge in [-0.3, -0.25) is 4.99 Å². The third-order valence-electron chi connectivity index (χ3n) is 5.18. The van der Waals surface area contributed by atoms with E-state index in [9.17, 15) is 13.2 Å². The molecule has 0 radical (unpaired) electrons. The summed E-state index contributed by atoms with van der Waals surface area (Å²) in [5.41, 5.74) is -0.832. The molecular formula is C17H27F3IN5S. The van der Waals surface area contributed by atoms with Crippen LogP contribution in [0.4, 0.5) is 13.2 Å². The van der Waals surface area contributed by atoms with E-state index in [-0.39, 0.29) is 30.5 Å². The lowest BCUT2D eigenvalue weighted by Gasteiger charge is -2.36. The van der Waals surface area contributed by atoms with Crippen molar-refractivity contribution in [3.63, 3.8) is 0 Å². The third kappa shape index (κ3) is 6.45. The molecule has 5 nitrogen and oxygen atoms in total. The van der Waals surface area contributed by atoms with Gasteiger partial charge in [-0.05, 0) is 25.7 Å². The number of aliphatic imine (C=N–C) groups is 1. The van der Waals surface area contributed by atoms with Crippen LogP contribution in [0.1, 0.15) is 49.2 Å². The summed E-state index contributed by atoms with van der Waals surface area (Å²) in [5.74, 6) is 0.619. The summed E-state index contributed by atoms with van der Waals surface area (Å²) in [6.45, 7) is 2.43. The molecular weight excluding hydrogens is 490 g/mol. The maximum atomic E-state index is 12.6. The van der Waals surface area contributed by atoms with Crippen molar-refractivity contribution in [3.05, 3.63) is 16.1 Å². The van der Waals surface area contributed by atoms with E-state index in [4.69, 9.17) is 0 Å². The Morgan fingerprint density at radius 2 is 1.93 bits per heavy atom. The summed E-state index contributed by atoms with van der Waals surface area (Å²) in [6, 6.07) is 1.11. The number of likely N-dealkylation sites (tertiary alicyclic amines) is 1. The average molecular weight is 517 g/mol. The lowest BCUT2D eigenvalue weighted by molar-refractivity contribution is -0.140. The van der Waals surface area contributed by atoms with Crippen molar-refractivity contribution >= 4 is 41.3 Å². The molecule has 0 atom stereocenters. The smallest absolute Gasteiger partial charge is 0.354 e. The molecule has 0 amide bonds. The van der Waals surface area contributed by atoms with Crippen molar-refractivity contribution < 1.29 is 13.2 Å². The maximum Gasteiger partial charge on any atom is 0.434 e. The molecule has 1 aliphatic carbocycles. The Morgan fingerprint density at radius 3 is 2.48 bits per heavy atom. The zero-order valence-electron chi connectivity index (χ0n) is 15.4. The van der Waals surface area contributed by atoms with Crippen LogP contribution in [0.3, 0.4) is 0 Å². The van der Waals surface area contributed by atoms with E-state index in [2.05, 4.69) is 25.5 Å². The fourth-order valence-electron chi connectivity index (χ4n) is 3.75. The van der Waals surface area contributed by atoms with Gasteiger partial charge in [0.25, 0.3) is 0 Å². The van der Waals surface area contributed by atoms with Crippen LogP contribution in [0.5, 0.6) is 0 Å². The molecule has 1 aromatic rings. The predicted octanol–water partition coefficient (Wildman–Crippen LogP) is 3.85. The van der Waals surface area contributed by atoms with Crippen LogP contribution in [0.15, 0.2) is 10.4 Å². The minimum atomic E-state index is -4.39. The second-order valence-electron chi connectivity index (χ2n) is 6.94. The van der Waals surface area contributed by atoms with E-state index < -0.39 is 11.9 Å². The molecule has 1 saturated heterocycles. The number of hydrogen-bond acceptors (Lipinski definition) is 4. The lowest BCUT2D eigenvalue weighted by Crippen LogP contribution is -2.50. The number of hydrogen-bond donors (Lipinski definition) is 2. The van der Waals surface area contributed by atoms with Crippen molar-refractivity contribution in [2.45, 2.75) is 63.3 Å². The van der Waals surface area contributed by atoms with Crippen LogP contribution in [-0.2, 0) is 12.7 Å². The number of alkyl halides is 3. The Hall–Kier alpha value is -0.620. The fourth-order valence-corrected chi connectivity index (χ4v) is 4.49. The first-order chi connectivity index (χ1) is 12.5. The van der Waals surface area contributed by atoms with Crippen LogP contribution >= 0.6 is 35.3 Å². The first-order valence-electron chi connectivity index (χ1n) is 9.18. The molecule has 2 heterocycles. The fraction of sp³-hybridized carbons (Fsp3) is 0.765. The minimum absolute atomic E-state index is 0. The van der Waals surface area contributed by atoms with Crippen LogP contribution < -0.4 is 10.6 Å². The first-order valence-corrected chi connectivity index (χ1v) is 10.1. The van der Waals surface area contributed by atoms with E-state index in [0.717, 1.165) is 48.7 Å². The molecule has 2 fully saturated rings. The predicted molar refractivity (Wildman–Crippen MR) is 113 cm³/mol. The van der Waals surface area contributed by atoms with Gasteiger partial charge in [-0.2, -0.15) is 13.2 Å². The largest absolute Gasteiger partial charge is 0.434 e. The Bertz CT molecular complexity index is 608. The van der Waals surface area contributed by atoms with E-state index in [1.54, 1.807) is 7.05 Å². The molecule has 1 aromatic heterocycles. The minimum Gasteiger partial charge on any atom is -0.354 e. The average Bonchev–Trinajstić information content (AvgIpc) is 3.30. The van der Waals surface area contributed by atoms with Crippen LogP contribution in [0, 0.1) is 0 Å². The highest BCUT2D eigenvalue weighted by atomic mass is 127. The number of halogens is 4. The molecule has 0 bridgehead atoms. The second-order valence-corrected chi connectivity index (χ2v) is 7.89. The summed E-state index contributed by atoms with van der Waals surface area (Å²) in [4.78, 5) is 10.4. The number of nitrogens with zero attached hydrogens (tertiary/aromatic N) is 3. The van der Waals surface area contributed by atoms with Gasteiger partial charge in [0.2, 0.25) is 0 Å². The molecule has 10 heteroatoms. The normalized spacial score (nSPS) is 20.5. The number of rotatable bonds is 4. The Kier molecular flexibility index (Phi) is 8.60. The van der Waals surface area contributed by atoms with Crippen LogP contribution in [-0.4, -0.2) is 48.1 Å². The zero-order chi connectivity index (χ0) is 18.6. The molecule has 154 valence electrons. The Labute approximate surface area is 179 Å². The van der Waals surface area contributed by atoms with E-state index in [0.29, 0.717) is 17.0 Å². The SMILES string of the molecule is CN=C(NCc1nc(C(F)(F)F)cs1)NC1CCN(C2CCCC2)CC1.I. The number of thiazole rings is 1. The summed E-state index contributed by atoms with van der Waals surface area (Å²) in [7, 11) is 1.67. The molecule has 1 aliphatic heterocycles. The highest BCUT2D eigenvalue weighted by molar-refractivity contribution is 14.0. The van der Waals surface area contributed by atoms with E-state index in [1.807, 2.05) is 0 Å². The van der Waals surface area contributed by atoms with Gasteiger partial charge in [0, 0.05) is 37.6 Å². The van der Waals surface area contributed by atoms with Gasteiger partial charge in [-0.1, -0.05) is 12.8 Å². The molecule has 2 N–H and O–H groups in total. The summed E-state index contributed by atoms with van der Waals surface area (Å²) < 4.78 is 37.8. The van der Waals surface area contributed by atoms with Gasteiger partial charge in [-0.15, -0.1) is 35.3 Å². The summed E-state index contributed by atoms with van der Waals surface area (Å²) in [6.07, 6.45) is 3.10. The van der Waals surface area contributed by atoms with Gasteiger partial charge >= 0.3 is 6.18 Å². The molecule has 27 heavy (non-hydrogen) atoms. The summed E-state index contributed by atoms with van der Waals surface area (Å²) in [5, 5.41) is 7.91. The number of nitrogens with one attached hydrogen (secondary N) is 2. The monoisotopic (exact) mass is 517 g/mol. The molecule has 3 rings (SSSR count). The molecule has 0 aromatic carbocycles. The quantitative estimate of drug-likeness (QED) is 0.362. The van der Waals surface area contributed by atoms with Gasteiger partial charge in [0.15, 0.2) is 11.7 Å². The highest BCUT2D eigenvalue weighted by Gasteiger charge is 2.33. The van der Waals surface area contributed by atoms with Gasteiger partial charge in [0.1, 0.15) is 5.01 Å². The van der Waals surface area contributed by atoms with Crippen LogP contribution in [0.25, 0.3) is 0 Å². The second kappa shape index (κ2) is 10.2. The summed E-state index contributed by atoms with van der Waals surface area (Å²) >= 11 is 1.01. The number of aromatic nitrogens is 1. The van der Waals surface area contributed by atoms with Crippen molar-refractivity contribution in [2.75, 3.05) is 20.1 Å². The number of guanidine groups is 1. The Balaban J connectivity index is 0.00000261. The first kappa shape index (κ1) is 22.7. The highest BCUT2D eigenvalue weighted by Crippen LogP contribution is 2.30. The van der Waals surface area contributed by atoms with Gasteiger partial charge in [0.05, 0.1) is 6.54 Å². The zero-order valence-corrected chi connectivity index (χ0v) is 18.5. The van der Waals surface area contributed by atoms with E-state index >= 15 is 0 Å². The molecule has 0 unspecified atom stereocenters. The molecule has 1 saturated carbocycles. The van der Waals surface area contributed by atoms with E-state index in [1.165, 1.54) is 25.7 Å². The van der Waals surface area contributed by atoms with Crippen LogP contribution in [0.2, 0.25) is 0 Å². The lowest BCUT2D eigenvalue weighted by atomic mass is 10.0. The molecule has 0 spiro atoms. The Morgan fingerprint density at radius 1 is 1.26 bits per heavy atom. The maximum absolute atomic E-state index is 12.6. The third-order valence-corrected chi connectivity index (χ3v) is 6.03. The van der Waals surface area contributed by atoms with Crippen molar-refractivity contribution in [3.8, 4) is 0 Å². The standard InChI is InChI=1S/C17H26F3N5S.HI/c1-21-16(22-10-15-24-14(11-26-15)17(18,19)20)23-12-6-8-25(9-7-12)13-4-2-3-5-13;/h11-13H,2-10H2,1H3,(H2,21,22,23);1H. The van der Waals surface area contributed by atoms with Crippen molar-refractivity contribution in [1.29, 1.82) is 0 Å². The number of piperidine rings is 1. The van der Waals surface area contributed by atoms with Crippen molar-refractivity contribution in [1.82, 2.24) is 20.5 Å². The van der Waals surface area contributed by atoms with Crippen molar-refractivity contribution in [2.24, 2.45) is 4.99 Å².